The van der Waals surface area contributed by atoms with Gasteiger partial charge in [0.2, 0.25) is 11.7 Å². The molecule has 7 nitrogen and oxygen atoms in total. The third kappa shape index (κ3) is 2.55. The lowest BCUT2D eigenvalue weighted by molar-refractivity contribution is 0.0569. The Kier molecular flexibility index (Phi) is 3.49. The Hall–Kier alpha value is -3.13. The number of fused-ring (bicyclic) bond motifs is 1. The molecule has 3 heterocycles. The summed E-state index contributed by atoms with van der Waals surface area (Å²) in [7, 11) is 0. The number of amides is 1. The molecule has 1 aliphatic rings. The standard InChI is InChI=1S/C18H13N5O2S/c24-18(12-6-7-14-15(8-12)22-26-21-14)23-9-13(10-23)17-19-16(20-25-17)11-4-2-1-3-5-11/h1-8,13H,9-10H2. The summed E-state index contributed by atoms with van der Waals surface area (Å²) in [4.78, 5) is 18.9. The zero-order valence-corrected chi connectivity index (χ0v) is 14.4. The van der Waals surface area contributed by atoms with E-state index in [1.165, 1.54) is 0 Å². The SMILES string of the molecule is O=C(c1ccc2nsnc2c1)N1CC(c2nc(-c3ccccc3)no2)C1. The number of benzene rings is 2. The smallest absolute Gasteiger partial charge is 0.253 e. The van der Waals surface area contributed by atoms with Crippen LogP contribution in [0.3, 0.4) is 0 Å². The maximum atomic E-state index is 12.6. The van der Waals surface area contributed by atoms with Crippen LogP contribution < -0.4 is 0 Å². The molecule has 1 aliphatic heterocycles. The van der Waals surface area contributed by atoms with Gasteiger partial charge < -0.3 is 9.42 Å². The largest absolute Gasteiger partial charge is 0.339 e. The number of aromatic nitrogens is 4. The van der Waals surface area contributed by atoms with Gasteiger partial charge in [-0.1, -0.05) is 35.5 Å². The van der Waals surface area contributed by atoms with Crippen LogP contribution in [0.25, 0.3) is 22.4 Å². The molecule has 26 heavy (non-hydrogen) atoms. The molecule has 2 aromatic heterocycles. The molecule has 8 heteroatoms. The topological polar surface area (TPSA) is 85.0 Å². The molecule has 0 N–H and O–H groups in total. The highest BCUT2D eigenvalue weighted by Crippen LogP contribution is 2.29. The van der Waals surface area contributed by atoms with Crippen molar-refractivity contribution < 1.29 is 9.32 Å². The Morgan fingerprint density at radius 3 is 2.73 bits per heavy atom. The van der Waals surface area contributed by atoms with Crippen LogP contribution in [0.15, 0.2) is 53.1 Å². The summed E-state index contributed by atoms with van der Waals surface area (Å²) in [6, 6.07) is 15.1. The van der Waals surface area contributed by atoms with Crippen molar-refractivity contribution in [2.75, 3.05) is 13.1 Å². The van der Waals surface area contributed by atoms with Crippen molar-refractivity contribution in [2.45, 2.75) is 5.92 Å². The Morgan fingerprint density at radius 2 is 1.88 bits per heavy atom. The first kappa shape index (κ1) is 15.2. The van der Waals surface area contributed by atoms with Crippen molar-refractivity contribution >= 4 is 28.7 Å². The summed E-state index contributed by atoms with van der Waals surface area (Å²) < 4.78 is 13.7. The van der Waals surface area contributed by atoms with Crippen molar-refractivity contribution in [3.05, 3.63) is 60.0 Å². The van der Waals surface area contributed by atoms with Crippen LogP contribution >= 0.6 is 11.7 Å². The van der Waals surface area contributed by atoms with Crippen LogP contribution in [-0.2, 0) is 0 Å². The van der Waals surface area contributed by atoms with Gasteiger partial charge in [-0.05, 0) is 18.2 Å². The van der Waals surface area contributed by atoms with E-state index in [1.54, 1.807) is 17.0 Å². The van der Waals surface area contributed by atoms with E-state index in [0.29, 0.717) is 30.4 Å². The van der Waals surface area contributed by atoms with Crippen LogP contribution in [0.4, 0.5) is 0 Å². The second kappa shape index (κ2) is 5.99. The van der Waals surface area contributed by atoms with Crippen LogP contribution in [0.5, 0.6) is 0 Å². The predicted molar refractivity (Wildman–Crippen MR) is 95.8 cm³/mol. The van der Waals surface area contributed by atoms with Gasteiger partial charge in [-0.25, -0.2) is 0 Å². The Bertz CT molecular complexity index is 1090. The lowest BCUT2D eigenvalue weighted by Gasteiger charge is -2.37. The molecule has 0 aliphatic carbocycles. The maximum Gasteiger partial charge on any atom is 0.253 e. The minimum Gasteiger partial charge on any atom is -0.339 e. The summed E-state index contributed by atoms with van der Waals surface area (Å²) in [6.45, 7) is 1.14. The number of hydrogen-bond donors (Lipinski definition) is 0. The average molecular weight is 363 g/mol. The molecule has 2 aromatic carbocycles. The molecule has 0 saturated carbocycles. The van der Waals surface area contributed by atoms with Gasteiger partial charge in [0.05, 0.1) is 17.6 Å². The number of rotatable bonds is 3. The number of carbonyl (C=O) groups excluding carboxylic acids is 1. The summed E-state index contributed by atoms with van der Waals surface area (Å²) in [5.74, 6) is 1.21. The second-order valence-electron chi connectivity index (χ2n) is 6.20. The summed E-state index contributed by atoms with van der Waals surface area (Å²) in [5, 5.41) is 4.04. The second-order valence-corrected chi connectivity index (χ2v) is 6.73. The molecule has 1 saturated heterocycles. The van der Waals surface area contributed by atoms with Crippen molar-refractivity contribution in [1.29, 1.82) is 0 Å². The molecular formula is C18H13N5O2S. The van der Waals surface area contributed by atoms with Gasteiger partial charge in [0, 0.05) is 24.2 Å². The van der Waals surface area contributed by atoms with Gasteiger partial charge >= 0.3 is 0 Å². The highest BCUT2D eigenvalue weighted by molar-refractivity contribution is 7.00. The van der Waals surface area contributed by atoms with Crippen LogP contribution in [0.1, 0.15) is 22.2 Å². The van der Waals surface area contributed by atoms with E-state index in [-0.39, 0.29) is 11.8 Å². The van der Waals surface area contributed by atoms with E-state index in [1.807, 2.05) is 36.4 Å². The summed E-state index contributed by atoms with van der Waals surface area (Å²) in [6.07, 6.45) is 0. The minimum atomic E-state index is -0.0149. The van der Waals surface area contributed by atoms with Gasteiger partial charge in [0.15, 0.2) is 0 Å². The fourth-order valence-corrected chi connectivity index (χ4v) is 3.52. The molecule has 1 amide bonds. The predicted octanol–water partition coefficient (Wildman–Crippen LogP) is 2.98. The average Bonchev–Trinajstić information content (AvgIpc) is 3.30. The highest BCUT2D eigenvalue weighted by atomic mass is 32.1. The first-order valence-corrected chi connectivity index (χ1v) is 8.91. The molecule has 1 fully saturated rings. The Morgan fingerprint density at radius 1 is 1.08 bits per heavy atom. The molecule has 5 rings (SSSR count). The van der Waals surface area contributed by atoms with Gasteiger partial charge in [-0.2, -0.15) is 13.7 Å². The first-order chi connectivity index (χ1) is 12.8. The number of nitrogens with zero attached hydrogens (tertiary/aromatic N) is 5. The van der Waals surface area contributed by atoms with Crippen molar-refractivity contribution in [3.8, 4) is 11.4 Å². The molecule has 4 aromatic rings. The van der Waals surface area contributed by atoms with Gasteiger partial charge in [0.25, 0.3) is 5.91 Å². The van der Waals surface area contributed by atoms with E-state index < -0.39 is 0 Å². The van der Waals surface area contributed by atoms with E-state index >= 15 is 0 Å². The third-order valence-electron chi connectivity index (χ3n) is 4.49. The fraction of sp³-hybridized carbons (Fsp3) is 0.167. The molecule has 0 unspecified atom stereocenters. The van der Waals surface area contributed by atoms with Gasteiger partial charge in [-0.3, -0.25) is 4.79 Å². The van der Waals surface area contributed by atoms with E-state index in [9.17, 15) is 4.79 Å². The molecule has 128 valence electrons. The molecule has 0 radical (unpaired) electrons. The lowest BCUT2D eigenvalue weighted by atomic mass is 9.98. The number of hydrogen-bond acceptors (Lipinski definition) is 7. The van der Waals surface area contributed by atoms with Crippen molar-refractivity contribution in [2.24, 2.45) is 0 Å². The number of likely N-dealkylation sites (tertiary alicyclic amines) is 1. The normalized spacial score (nSPS) is 14.5. The van der Waals surface area contributed by atoms with Gasteiger partial charge in [0.1, 0.15) is 11.0 Å². The summed E-state index contributed by atoms with van der Waals surface area (Å²) in [5.41, 5.74) is 3.11. The van der Waals surface area contributed by atoms with E-state index in [2.05, 4.69) is 18.9 Å². The molecule has 0 spiro atoms. The Labute approximate surface area is 152 Å². The first-order valence-electron chi connectivity index (χ1n) is 8.18. The van der Waals surface area contributed by atoms with Crippen molar-refractivity contribution in [1.82, 2.24) is 23.8 Å². The maximum absolute atomic E-state index is 12.6. The van der Waals surface area contributed by atoms with Crippen LogP contribution in [0.2, 0.25) is 0 Å². The van der Waals surface area contributed by atoms with Crippen molar-refractivity contribution in [3.63, 3.8) is 0 Å². The third-order valence-corrected chi connectivity index (χ3v) is 5.05. The number of carbonyl (C=O) groups is 1. The van der Waals surface area contributed by atoms with Crippen LogP contribution in [-0.4, -0.2) is 42.8 Å². The minimum absolute atomic E-state index is 0.0149. The van der Waals surface area contributed by atoms with E-state index in [4.69, 9.17) is 4.52 Å². The molecule has 0 atom stereocenters. The molecule has 0 bridgehead atoms. The zero-order chi connectivity index (χ0) is 17.5. The molecular weight excluding hydrogens is 350 g/mol. The van der Waals surface area contributed by atoms with Crippen LogP contribution in [0, 0.1) is 0 Å². The monoisotopic (exact) mass is 363 g/mol. The highest BCUT2D eigenvalue weighted by Gasteiger charge is 2.36. The zero-order valence-electron chi connectivity index (χ0n) is 13.6. The lowest BCUT2D eigenvalue weighted by Crippen LogP contribution is -2.48. The summed E-state index contributed by atoms with van der Waals surface area (Å²) >= 11 is 1.15. The van der Waals surface area contributed by atoms with Gasteiger partial charge in [-0.15, -0.1) is 0 Å². The van der Waals surface area contributed by atoms with E-state index in [0.717, 1.165) is 28.3 Å². The quantitative estimate of drug-likeness (QED) is 0.556. The Balaban J connectivity index is 1.28. The fourth-order valence-electron chi connectivity index (χ4n) is 3.00.